The first-order valence-electron chi connectivity index (χ1n) is 5.94. The van der Waals surface area contributed by atoms with Crippen LogP contribution in [0.15, 0.2) is 0 Å². The molecule has 0 spiro atoms. The Hall–Kier alpha value is -0.120. The maximum Gasteiger partial charge on any atom is 0.0628 e. The Kier molecular flexibility index (Phi) is 3.42. The second-order valence-corrected chi connectivity index (χ2v) is 4.71. The van der Waals surface area contributed by atoms with Crippen LogP contribution in [0.3, 0.4) is 0 Å². The van der Waals surface area contributed by atoms with Crippen molar-refractivity contribution in [3.05, 3.63) is 0 Å². The lowest BCUT2D eigenvalue weighted by atomic mass is 9.97. The van der Waals surface area contributed by atoms with Gasteiger partial charge in [0.05, 0.1) is 12.1 Å². The quantitative estimate of drug-likeness (QED) is 0.681. The highest BCUT2D eigenvalue weighted by Gasteiger charge is 2.38. The van der Waals surface area contributed by atoms with E-state index in [9.17, 15) is 5.11 Å². The van der Waals surface area contributed by atoms with Crippen molar-refractivity contribution >= 4 is 0 Å². The molecule has 0 saturated carbocycles. The molecule has 0 aromatic rings. The molecule has 2 aliphatic heterocycles. The van der Waals surface area contributed by atoms with Crippen LogP contribution in [-0.2, 0) is 0 Å². The third-order valence-corrected chi connectivity index (χ3v) is 3.79. The summed E-state index contributed by atoms with van der Waals surface area (Å²) in [6.45, 7) is 4.73. The predicted octanol–water partition coefficient (Wildman–Crippen LogP) is 0.587. The number of likely N-dealkylation sites (tertiary alicyclic amines) is 1. The van der Waals surface area contributed by atoms with E-state index in [1.165, 1.54) is 38.8 Å². The smallest absolute Gasteiger partial charge is 0.0628 e. The summed E-state index contributed by atoms with van der Waals surface area (Å²) in [5.41, 5.74) is 0.0737. The number of aliphatic hydroxyl groups excluding tert-OH is 1. The maximum absolute atomic E-state index is 9.58. The minimum atomic E-state index is 0.0737. The fourth-order valence-electron chi connectivity index (χ4n) is 2.78. The SMILES string of the molecule is OCC1(N2CCCCCC2)CCNC1. The Balaban J connectivity index is 2.01. The standard InChI is InChI=1S/C11H22N2O/c14-10-11(5-6-12-9-11)13-7-3-1-2-4-8-13/h12,14H,1-10H2. The van der Waals surface area contributed by atoms with Gasteiger partial charge in [0.2, 0.25) is 0 Å². The van der Waals surface area contributed by atoms with E-state index >= 15 is 0 Å². The summed E-state index contributed by atoms with van der Waals surface area (Å²) in [6, 6.07) is 0. The summed E-state index contributed by atoms with van der Waals surface area (Å²) in [4.78, 5) is 2.53. The van der Waals surface area contributed by atoms with Crippen molar-refractivity contribution < 1.29 is 5.11 Å². The second kappa shape index (κ2) is 4.60. The van der Waals surface area contributed by atoms with Gasteiger partial charge < -0.3 is 10.4 Å². The minimum absolute atomic E-state index is 0.0737. The van der Waals surface area contributed by atoms with Crippen molar-refractivity contribution in [2.75, 3.05) is 32.8 Å². The molecule has 0 aromatic heterocycles. The highest BCUT2D eigenvalue weighted by molar-refractivity contribution is 4.97. The number of hydrogen-bond donors (Lipinski definition) is 2. The largest absolute Gasteiger partial charge is 0.394 e. The minimum Gasteiger partial charge on any atom is -0.394 e. The number of nitrogens with zero attached hydrogens (tertiary/aromatic N) is 1. The van der Waals surface area contributed by atoms with Crippen molar-refractivity contribution in [1.29, 1.82) is 0 Å². The van der Waals surface area contributed by atoms with E-state index in [1.54, 1.807) is 0 Å². The van der Waals surface area contributed by atoms with Gasteiger partial charge in [-0.15, -0.1) is 0 Å². The Bertz CT molecular complexity index is 170. The van der Waals surface area contributed by atoms with Gasteiger partial charge in [-0.1, -0.05) is 12.8 Å². The Morgan fingerprint density at radius 1 is 1.14 bits per heavy atom. The summed E-state index contributed by atoms with van der Waals surface area (Å²) >= 11 is 0. The Morgan fingerprint density at radius 3 is 2.36 bits per heavy atom. The zero-order valence-electron chi connectivity index (χ0n) is 8.97. The fraction of sp³-hybridized carbons (Fsp3) is 1.00. The molecule has 0 aromatic carbocycles. The van der Waals surface area contributed by atoms with E-state index < -0.39 is 0 Å². The molecular formula is C11H22N2O. The van der Waals surface area contributed by atoms with Crippen molar-refractivity contribution in [3.63, 3.8) is 0 Å². The average Bonchev–Trinajstić information content (AvgIpc) is 2.54. The summed E-state index contributed by atoms with van der Waals surface area (Å²) in [5, 5.41) is 13.0. The first-order valence-corrected chi connectivity index (χ1v) is 5.94. The molecule has 3 nitrogen and oxygen atoms in total. The van der Waals surface area contributed by atoms with E-state index in [-0.39, 0.29) is 5.54 Å². The van der Waals surface area contributed by atoms with Gasteiger partial charge in [-0.2, -0.15) is 0 Å². The molecule has 82 valence electrons. The van der Waals surface area contributed by atoms with Gasteiger partial charge in [-0.3, -0.25) is 4.90 Å². The normalized spacial score (nSPS) is 35.8. The monoisotopic (exact) mass is 198 g/mol. The third kappa shape index (κ3) is 1.95. The first-order chi connectivity index (χ1) is 6.87. The van der Waals surface area contributed by atoms with Crippen molar-refractivity contribution in [2.45, 2.75) is 37.6 Å². The molecule has 2 aliphatic rings. The second-order valence-electron chi connectivity index (χ2n) is 4.71. The lowest BCUT2D eigenvalue weighted by Crippen LogP contribution is -2.53. The van der Waals surface area contributed by atoms with Crippen molar-refractivity contribution in [3.8, 4) is 0 Å². The van der Waals surface area contributed by atoms with Crippen LogP contribution in [0.5, 0.6) is 0 Å². The van der Waals surface area contributed by atoms with Crippen LogP contribution in [0.2, 0.25) is 0 Å². The number of aliphatic hydroxyl groups is 1. The molecule has 0 amide bonds. The number of rotatable bonds is 2. The van der Waals surface area contributed by atoms with Gasteiger partial charge in [0, 0.05) is 6.54 Å². The molecule has 14 heavy (non-hydrogen) atoms. The molecule has 0 radical (unpaired) electrons. The van der Waals surface area contributed by atoms with Crippen LogP contribution < -0.4 is 5.32 Å². The van der Waals surface area contributed by atoms with Crippen LogP contribution in [0.25, 0.3) is 0 Å². The van der Waals surface area contributed by atoms with Crippen LogP contribution in [0.1, 0.15) is 32.1 Å². The Labute approximate surface area is 86.5 Å². The molecule has 1 unspecified atom stereocenters. The van der Waals surface area contributed by atoms with E-state index in [0.29, 0.717) is 6.61 Å². The topological polar surface area (TPSA) is 35.5 Å². The molecule has 1 atom stereocenters. The zero-order chi connectivity index (χ0) is 9.86. The molecule has 3 heteroatoms. The van der Waals surface area contributed by atoms with Crippen LogP contribution in [-0.4, -0.2) is 48.3 Å². The van der Waals surface area contributed by atoms with Crippen molar-refractivity contribution in [2.24, 2.45) is 0 Å². The fourth-order valence-corrected chi connectivity index (χ4v) is 2.78. The van der Waals surface area contributed by atoms with Gasteiger partial charge in [-0.25, -0.2) is 0 Å². The Morgan fingerprint density at radius 2 is 1.86 bits per heavy atom. The summed E-state index contributed by atoms with van der Waals surface area (Å²) in [7, 11) is 0. The molecule has 2 N–H and O–H groups in total. The lowest BCUT2D eigenvalue weighted by Gasteiger charge is -2.38. The average molecular weight is 198 g/mol. The van der Waals surface area contributed by atoms with Gasteiger partial charge in [0.25, 0.3) is 0 Å². The molecule has 2 rings (SSSR count). The van der Waals surface area contributed by atoms with Gasteiger partial charge >= 0.3 is 0 Å². The number of hydrogen-bond acceptors (Lipinski definition) is 3. The lowest BCUT2D eigenvalue weighted by molar-refractivity contribution is 0.0464. The van der Waals surface area contributed by atoms with Gasteiger partial charge in [0.15, 0.2) is 0 Å². The summed E-state index contributed by atoms with van der Waals surface area (Å²) in [6.07, 6.45) is 6.46. The van der Waals surface area contributed by atoms with Crippen LogP contribution in [0.4, 0.5) is 0 Å². The summed E-state index contributed by atoms with van der Waals surface area (Å²) in [5.74, 6) is 0. The van der Waals surface area contributed by atoms with E-state index in [4.69, 9.17) is 0 Å². The van der Waals surface area contributed by atoms with Crippen LogP contribution in [0, 0.1) is 0 Å². The molecule has 0 bridgehead atoms. The maximum atomic E-state index is 9.58. The highest BCUT2D eigenvalue weighted by Crippen LogP contribution is 2.25. The van der Waals surface area contributed by atoms with Gasteiger partial charge in [-0.05, 0) is 38.9 Å². The first kappa shape index (κ1) is 10.4. The third-order valence-electron chi connectivity index (χ3n) is 3.79. The van der Waals surface area contributed by atoms with E-state index in [0.717, 1.165) is 19.5 Å². The predicted molar refractivity (Wildman–Crippen MR) is 57.3 cm³/mol. The number of nitrogens with one attached hydrogen (secondary N) is 1. The van der Waals surface area contributed by atoms with Crippen LogP contribution >= 0.6 is 0 Å². The van der Waals surface area contributed by atoms with E-state index in [1.807, 2.05) is 0 Å². The molecule has 0 aliphatic carbocycles. The highest BCUT2D eigenvalue weighted by atomic mass is 16.3. The zero-order valence-corrected chi connectivity index (χ0v) is 8.97. The van der Waals surface area contributed by atoms with Gasteiger partial charge in [0.1, 0.15) is 0 Å². The molecule has 2 fully saturated rings. The summed E-state index contributed by atoms with van der Waals surface area (Å²) < 4.78 is 0. The van der Waals surface area contributed by atoms with Crippen molar-refractivity contribution in [1.82, 2.24) is 10.2 Å². The molecule has 2 saturated heterocycles. The molecule has 2 heterocycles. The molecular weight excluding hydrogens is 176 g/mol. The van der Waals surface area contributed by atoms with E-state index in [2.05, 4.69) is 10.2 Å².